The molecule has 0 saturated heterocycles. The van der Waals surface area contributed by atoms with E-state index >= 15 is 0 Å². The van der Waals surface area contributed by atoms with Gasteiger partial charge < -0.3 is 29.2 Å². The molecule has 0 bridgehead atoms. The molecule has 0 aliphatic carbocycles. The third-order valence-corrected chi connectivity index (χ3v) is 2.29. The van der Waals surface area contributed by atoms with Gasteiger partial charge in [0.15, 0.2) is 18.9 Å². The van der Waals surface area contributed by atoms with Gasteiger partial charge in [-0.1, -0.05) is 75.2 Å². The van der Waals surface area contributed by atoms with Crippen molar-refractivity contribution < 1.29 is 29.2 Å². The molecule has 0 saturated carbocycles. The molecule has 174 valence electrons. The van der Waals surface area contributed by atoms with E-state index < -0.39 is 12.6 Å². The summed E-state index contributed by atoms with van der Waals surface area (Å²) in [5.41, 5.74) is 0. The summed E-state index contributed by atoms with van der Waals surface area (Å²) < 4.78 is 18.7. The van der Waals surface area contributed by atoms with E-state index in [0.29, 0.717) is 6.42 Å². The molecule has 2 N–H and O–H groups in total. The minimum absolute atomic E-state index is 0.0139. The molecule has 2 atom stereocenters. The molecule has 0 aromatic heterocycles. The van der Waals surface area contributed by atoms with Crippen LogP contribution in [0.2, 0.25) is 0 Å². The van der Waals surface area contributed by atoms with Crippen LogP contribution in [0.15, 0.2) is 0 Å². The maximum absolute atomic E-state index is 8.64. The smallest absolute Gasteiger partial charge is 0.156 e. The number of rotatable bonds is 8. The molecule has 0 amide bonds. The van der Waals surface area contributed by atoms with Crippen molar-refractivity contribution in [3.8, 4) is 0 Å². The van der Waals surface area contributed by atoms with Crippen molar-refractivity contribution in [1.29, 1.82) is 0 Å². The van der Waals surface area contributed by atoms with Crippen LogP contribution in [0, 0.1) is 0 Å². The van der Waals surface area contributed by atoms with Crippen molar-refractivity contribution >= 4 is 0 Å². The van der Waals surface area contributed by atoms with E-state index in [1.54, 1.807) is 14.2 Å². The fraction of sp³-hybridized carbons (Fsp3) is 1.00. The zero-order valence-electron chi connectivity index (χ0n) is 20.8. The quantitative estimate of drug-likeness (QED) is 0.515. The average molecular weight is 403 g/mol. The largest absolute Gasteiger partial charge is 0.368 e. The first-order chi connectivity index (χ1) is 12.9. The van der Waals surface area contributed by atoms with Gasteiger partial charge in [-0.25, -0.2) is 0 Å². The summed E-state index contributed by atoms with van der Waals surface area (Å²) in [5.74, 6) is 0. The molecular weight excluding hydrogens is 348 g/mol. The third-order valence-electron chi connectivity index (χ3n) is 2.29. The lowest BCUT2D eigenvalue weighted by Crippen LogP contribution is -2.10. The molecule has 2 unspecified atom stereocenters. The van der Waals surface area contributed by atoms with Crippen molar-refractivity contribution in [2.75, 3.05) is 28.4 Å². The molecule has 0 radical (unpaired) electrons. The van der Waals surface area contributed by atoms with Crippen LogP contribution < -0.4 is 0 Å². The van der Waals surface area contributed by atoms with Gasteiger partial charge in [-0.2, -0.15) is 0 Å². The van der Waals surface area contributed by atoms with Crippen LogP contribution >= 0.6 is 0 Å². The van der Waals surface area contributed by atoms with E-state index in [0.717, 1.165) is 19.3 Å². The van der Waals surface area contributed by atoms with Gasteiger partial charge in [0.1, 0.15) is 0 Å². The van der Waals surface area contributed by atoms with Gasteiger partial charge in [0.05, 0.1) is 0 Å². The second-order valence-corrected chi connectivity index (χ2v) is 4.59. The van der Waals surface area contributed by atoms with E-state index in [9.17, 15) is 0 Å². The van der Waals surface area contributed by atoms with Crippen LogP contribution in [-0.2, 0) is 18.9 Å². The highest BCUT2D eigenvalue weighted by atomic mass is 16.7. The monoisotopic (exact) mass is 402 g/mol. The number of hydrogen-bond donors (Lipinski definition) is 2. The van der Waals surface area contributed by atoms with Gasteiger partial charge >= 0.3 is 0 Å². The molecule has 0 fully saturated rings. The summed E-state index contributed by atoms with van der Waals surface area (Å²) in [5, 5.41) is 17.1. The Morgan fingerprint density at radius 2 is 0.926 bits per heavy atom. The van der Waals surface area contributed by atoms with Crippen molar-refractivity contribution in [2.24, 2.45) is 0 Å². The molecule has 0 aliphatic heterocycles. The zero-order valence-corrected chi connectivity index (χ0v) is 20.8. The minimum Gasteiger partial charge on any atom is -0.368 e. The Bertz CT molecular complexity index is 157. The Balaban J connectivity index is -0.0000000526. The molecule has 0 aliphatic rings. The summed E-state index contributed by atoms with van der Waals surface area (Å²) in [6.07, 6.45) is 3.39. The second-order valence-electron chi connectivity index (χ2n) is 4.59. The molecule has 0 spiro atoms. The van der Waals surface area contributed by atoms with Gasteiger partial charge in [-0.15, -0.1) is 0 Å². The molecule has 6 heteroatoms. The van der Waals surface area contributed by atoms with Crippen molar-refractivity contribution in [3.63, 3.8) is 0 Å². The number of ether oxygens (including phenoxy) is 4. The summed E-state index contributed by atoms with van der Waals surface area (Å²) in [4.78, 5) is 0. The van der Waals surface area contributed by atoms with Crippen LogP contribution in [0.1, 0.15) is 94.4 Å². The van der Waals surface area contributed by atoms with E-state index in [4.69, 9.17) is 19.7 Å². The Morgan fingerprint density at radius 3 is 0.963 bits per heavy atom. The topological polar surface area (TPSA) is 77.4 Å². The number of hydrogen-bond acceptors (Lipinski definition) is 6. The van der Waals surface area contributed by atoms with E-state index in [-0.39, 0.29) is 6.29 Å². The Labute approximate surface area is 171 Å². The predicted octanol–water partition coefficient (Wildman–Crippen LogP) is 5.60. The average Bonchev–Trinajstić information content (AvgIpc) is 2.73. The third kappa shape index (κ3) is 66.8. The van der Waals surface area contributed by atoms with Crippen LogP contribution in [-0.4, -0.2) is 57.5 Å². The van der Waals surface area contributed by atoms with Crippen LogP contribution in [0.25, 0.3) is 0 Å². The van der Waals surface area contributed by atoms with Crippen LogP contribution in [0.4, 0.5) is 0 Å². The van der Waals surface area contributed by atoms with Crippen molar-refractivity contribution in [3.05, 3.63) is 0 Å². The summed E-state index contributed by atoms with van der Waals surface area (Å²) in [7, 11) is 6.25. The highest BCUT2D eigenvalue weighted by molar-refractivity contribution is 4.34. The summed E-state index contributed by atoms with van der Waals surface area (Å²) >= 11 is 0. The Morgan fingerprint density at radius 1 is 0.593 bits per heavy atom. The van der Waals surface area contributed by atoms with E-state index in [1.807, 2.05) is 48.5 Å². The lowest BCUT2D eigenvalue weighted by atomic mass is 10.3. The SMILES string of the molecule is CC.CC.CCC.CCC(O)OC.CCC(OC)OC.CCCC(O)OC. The molecule has 0 heterocycles. The second kappa shape index (κ2) is 50.1. The summed E-state index contributed by atoms with van der Waals surface area (Å²) in [6, 6.07) is 0. The molecule has 0 aromatic carbocycles. The zero-order chi connectivity index (χ0) is 23.1. The maximum Gasteiger partial charge on any atom is 0.156 e. The van der Waals surface area contributed by atoms with Gasteiger partial charge in [-0.3, -0.25) is 0 Å². The Kier molecular flexibility index (Phi) is 76.4. The predicted molar refractivity (Wildman–Crippen MR) is 118 cm³/mol. The first-order valence-electron chi connectivity index (χ1n) is 10.4. The number of methoxy groups -OCH3 is 4. The van der Waals surface area contributed by atoms with E-state index in [2.05, 4.69) is 23.3 Å². The highest BCUT2D eigenvalue weighted by Crippen LogP contribution is 1.94. The fourth-order valence-electron chi connectivity index (χ4n) is 0.961. The first-order valence-corrected chi connectivity index (χ1v) is 10.4. The van der Waals surface area contributed by atoms with Gasteiger partial charge in [-0.05, 0) is 19.3 Å². The van der Waals surface area contributed by atoms with Crippen molar-refractivity contribution in [1.82, 2.24) is 0 Å². The molecule has 0 rings (SSSR count). The summed E-state index contributed by atoms with van der Waals surface area (Å²) in [6.45, 7) is 18.1. The molecule has 27 heavy (non-hydrogen) atoms. The standard InChI is InChI=1S/2C5H12O2.C4H10O2.C3H8.2C2H6/c1-4-5(6-2)7-3;1-3-4-5(6)7-2;1-3-4(5)6-2;1-3-2;2*1-2/h5H,4H2,1-3H3;5-6H,3-4H2,1-2H3;4-5H,3H2,1-2H3;3H2,1-2H3;2*1-2H3. The van der Waals surface area contributed by atoms with Crippen molar-refractivity contribution in [2.45, 2.75) is 113 Å². The fourth-order valence-corrected chi connectivity index (χ4v) is 0.961. The van der Waals surface area contributed by atoms with Gasteiger partial charge in [0, 0.05) is 28.4 Å². The molecule has 6 nitrogen and oxygen atoms in total. The van der Waals surface area contributed by atoms with Crippen LogP contribution in [0.3, 0.4) is 0 Å². The van der Waals surface area contributed by atoms with Gasteiger partial charge in [0.25, 0.3) is 0 Å². The first kappa shape index (κ1) is 41.2. The molecule has 0 aromatic rings. The Hall–Kier alpha value is -0.240. The van der Waals surface area contributed by atoms with Gasteiger partial charge in [0.2, 0.25) is 0 Å². The normalized spacial score (nSPS) is 10.7. The lowest BCUT2D eigenvalue weighted by molar-refractivity contribution is -0.103. The molecular formula is C21H54O6. The van der Waals surface area contributed by atoms with E-state index in [1.165, 1.54) is 20.6 Å². The number of aliphatic hydroxyl groups is 2. The maximum atomic E-state index is 8.64. The lowest BCUT2D eigenvalue weighted by Gasteiger charge is -2.08. The highest BCUT2D eigenvalue weighted by Gasteiger charge is 1.96. The number of aliphatic hydroxyl groups excluding tert-OH is 2. The minimum atomic E-state index is -0.565. The van der Waals surface area contributed by atoms with Crippen LogP contribution in [0.5, 0.6) is 0 Å².